The number of nitrogens with zero attached hydrogens (tertiary/aromatic N) is 1. The lowest BCUT2D eigenvalue weighted by Crippen LogP contribution is -2.45. The second-order valence-corrected chi connectivity index (χ2v) is 3.27. The zero-order chi connectivity index (χ0) is 11.0. The molecule has 0 aromatic heterocycles. The van der Waals surface area contributed by atoms with Crippen LogP contribution in [-0.4, -0.2) is 48.8 Å². The molecule has 0 aliphatic heterocycles. The van der Waals surface area contributed by atoms with Crippen molar-refractivity contribution < 1.29 is 14.6 Å². The van der Waals surface area contributed by atoms with E-state index in [2.05, 4.69) is 13.8 Å². The molecule has 0 aromatic carbocycles. The number of ether oxygens (including phenoxy) is 2. The van der Waals surface area contributed by atoms with Crippen LogP contribution in [0.25, 0.3) is 0 Å². The highest BCUT2D eigenvalue weighted by atomic mass is 16.7. The smallest absolute Gasteiger partial charge is 0.218 e. The quantitative estimate of drug-likeness (QED) is 0.601. The zero-order valence-electron chi connectivity index (χ0n) is 9.69. The van der Waals surface area contributed by atoms with Gasteiger partial charge in [-0.2, -0.15) is 0 Å². The molecular weight excluding hydrogens is 182 g/mol. The molecule has 0 saturated carbocycles. The molecule has 0 atom stereocenters. The third-order valence-electron chi connectivity index (χ3n) is 1.91. The van der Waals surface area contributed by atoms with Gasteiger partial charge in [0.2, 0.25) is 6.41 Å². The average molecular weight is 205 g/mol. The van der Waals surface area contributed by atoms with Gasteiger partial charge in [0.25, 0.3) is 0 Å². The van der Waals surface area contributed by atoms with Crippen molar-refractivity contribution in [2.24, 2.45) is 0 Å². The molecule has 0 fully saturated rings. The first kappa shape index (κ1) is 13.8. The number of hydrogen-bond acceptors (Lipinski definition) is 4. The molecule has 86 valence electrons. The summed E-state index contributed by atoms with van der Waals surface area (Å²) in [6, 6.07) is 0.297. The molecule has 0 radical (unpaired) electrons. The number of hydrogen-bond donors (Lipinski definition) is 1. The van der Waals surface area contributed by atoms with Gasteiger partial charge in [-0.1, -0.05) is 0 Å². The monoisotopic (exact) mass is 205 g/mol. The number of rotatable bonds is 8. The normalized spacial score (nSPS) is 12.0. The van der Waals surface area contributed by atoms with Crippen LogP contribution in [0.1, 0.15) is 27.7 Å². The van der Waals surface area contributed by atoms with Crippen LogP contribution in [0.5, 0.6) is 0 Å². The van der Waals surface area contributed by atoms with E-state index >= 15 is 0 Å². The Kier molecular flexibility index (Phi) is 8.08. The maximum Gasteiger partial charge on any atom is 0.218 e. The van der Waals surface area contributed by atoms with Crippen molar-refractivity contribution in [1.82, 2.24) is 4.90 Å². The van der Waals surface area contributed by atoms with E-state index in [0.717, 1.165) is 0 Å². The predicted octanol–water partition coefficient (Wildman–Crippen LogP) is 1.05. The Morgan fingerprint density at radius 2 is 1.64 bits per heavy atom. The first-order valence-electron chi connectivity index (χ1n) is 5.27. The minimum absolute atomic E-state index is 0.120. The lowest BCUT2D eigenvalue weighted by Gasteiger charge is -2.33. The first-order chi connectivity index (χ1) is 6.67. The van der Waals surface area contributed by atoms with Crippen LogP contribution in [0.4, 0.5) is 0 Å². The van der Waals surface area contributed by atoms with Gasteiger partial charge < -0.3 is 14.6 Å². The Morgan fingerprint density at radius 1 is 1.14 bits per heavy atom. The van der Waals surface area contributed by atoms with Crippen LogP contribution < -0.4 is 0 Å². The highest BCUT2D eigenvalue weighted by molar-refractivity contribution is 4.61. The molecule has 0 saturated heterocycles. The number of aliphatic hydroxyl groups is 1. The molecular formula is C10H23NO3. The maximum atomic E-state index is 8.92. The third kappa shape index (κ3) is 4.91. The summed E-state index contributed by atoms with van der Waals surface area (Å²) in [6.07, 6.45) is -0.336. The summed E-state index contributed by atoms with van der Waals surface area (Å²) < 4.78 is 10.9. The van der Waals surface area contributed by atoms with Crippen LogP contribution in [0.15, 0.2) is 0 Å². The Balaban J connectivity index is 4.21. The second-order valence-electron chi connectivity index (χ2n) is 3.27. The number of aliphatic hydroxyl groups excluding tert-OH is 1. The van der Waals surface area contributed by atoms with Crippen LogP contribution in [0, 0.1) is 0 Å². The SMILES string of the molecule is CCOC(OCC)N(CCO)C(C)C. The molecule has 1 N–H and O–H groups in total. The van der Waals surface area contributed by atoms with Crippen molar-refractivity contribution in [3.8, 4) is 0 Å². The summed E-state index contributed by atoms with van der Waals surface area (Å²) in [6.45, 7) is 9.89. The van der Waals surface area contributed by atoms with Crippen molar-refractivity contribution in [2.75, 3.05) is 26.4 Å². The summed E-state index contributed by atoms with van der Waals surface area (Å²) in [5, 5.41) is 8.92. The molecule has 14 heavy (non-hydrogen) atoms. The highest BCUT2D eigenvalue weighted by Crippen LogP contribution is 2.08. The molecule has 0 heterocycles. The average Bonchev–Trinajstić information content (AvgIpc) is 2.13. The van der Waals surface area contributed by atoms with E-state index in [1.165, 1.54) is 0 Å². The van der Waals surface area contributed by atoms with Crippen LogP contribution in [0.3, 0.4) is 0 Å². The van der Waals surface area contributed by atoms with Gasteiger partial charge in [-0.05, 0) is 27.7 Å². The predicted molar refractivity (Wildman–Crippen MR) is 56.0 cm³/mol. The lowest BCUT2D eigenvalue weighted by atomic mass is 10.3. The van der Waals surface area contributed by atoms with Gasteiger partial charge in [0.05, 0.1) is 6.61 Å². The summed E-state index contributed by atoms with van der Waals surface area (Å²) in [7, 11) is 0. The molecule has 4 heteroatoms. The molecule has 0 aromatic rings. The van der Waals surface area contributed by atoms with Gasteiger partial charge in [-0.3, -0.25) is 4.90 Å². The van der Waals surface area contributed by atoms with E-state index < -0.39 is 0 Å². The standard InChI is InChI=1S/C10H23NO3/c1-5-13-10(14-6-2)11(7-8-12)9(3)4/h9-10,12H,5-8H2,1-4H3. The van der Waals surface area contributed by atoms with E-state index in [1.807, 2.05) is 18.7 Å². The summed E-state index contributed by atoms with van der Waals surface area (Å²) >= 11 is 0. The highest BCUT2D eigenvalue weighted by Gasteiger charge is 2.20. The Hall–Kier alpha value is -0.160. The minimum atomic E-state index is -0.336. The van der Waals surface area contributed by atoms with Gasteiger partial charge in [0.1, 0.15) is 0 Å². The molecule has 0 amide bonds. The fourth-order valence-electron chi connectivity index (χ4n) is 1.25. The van der Waals surface area contributed by atoms with E-state index in [0.29, 0.717) is 25.8 Å². The molecule has 0 rings (SSSR count). The minimum Gasteiger partial charge on any atom is -0.395 e. The van der Waals surface area contributed by atoms with E-state index in [1.54, 1.807) is 0 Å². The zero-order valence-corrected chi connectivity index (χ0v) is 9.69. The van der Waals surface area contributed by atoms with E-state index in [9.17, 15) is 0 Å². The van der Waals surface area contributed by atoms with Gasteiger partial charge in [0.15, 0.2) is 0 Å². The molecule has 0 unspecified atom stereocenters. The fraction of sp³-hybridized carbons (Fsp3) is 1.00. The van der Waals surface area contributed by atoms with Gasteiger partial charge in [-0.15, -0.1) is 0 Å². The fourth-order valence-corrected chi connectivity index (χ4v) is 1.25. The van der Waals surface area contributed by atoms with Crippen molar-refractivity contribution in [3.05, 3.63) is 0 Å². The van der Waals surface area contributed by atoms with Crippen LogP contribution in [0.2, 0.25) is 0 Å². The largest absolute Gasteiger partial charge is 0.395 e. The summed E-state index contributed by atoms with van der Waals surface area (Å²) in [4.78, 5) is 1.99. The summed E-state index contributed by atoms with van der Waals surface area (Å²) in [5.41, 5.74) is 0. The second kappa shape index (κ2) is 8.17. The Morgan fingerprint density at radius 3 is 1.93 bits per heavy atom. The molecule has 0 aliphatic carbocycles. The molecule has 0 bridgehead atoms. The van der Waals surface area contributed by atoms with Gasteiger partial charge in [-0.25, -0.2) is 0 Å². The first-order valence-corrected chi connectivity index (χ1v) is 5.27. The van der Waals surface area contributed by atoms with Crippen molar-refractivity contribution in [1.29, 1.82) is 0 Å². The Bertz CT molecular complexity index is 125. The topological polar surface area (TPSA) is 41.9 Å². The lowest BCUT2D eigenvalue weighted by molar-refractivity contribution is -0.229. The molecule has 4 nitrogen and oxygen atoms in total. The van der Waals surface area contributed by atoms with Gasteiger partial charge >= 0.3 is 0 Å². The van der Waals surface area contributed by atoms with E-state index in [4.69, 9.17) is 14.6 Å². The van der Waals surface area contributed by atoms with E-state index in [-0.39, 0.29) is 13.0 Å². The molecule has 0 spiro atoms. The van der Waals surface area contributed by atoms with Crippen molar-refractivity contribution in [3.63, 3.8) is 0 Å². The van der Waals surface area contributed by atoms with Crippen LogP contribution in [-0.2, 0) is 9.47 Å². The van der Waals surface area contributed by atoms with Crippen molar-refractivity contribution >= 4 is 0 Å². The summed E-state index contributed by atoms with van der Waals surface area (Å²) in [5.74, 6) is 0. The van der Waals surface area contributed by atoms with Crippen LogP contribution >= 0.6 is 0 Å². The van der Waals surface area contributed by atoms with Crippen molar-refractivity contribution in [2.45, 2.75) is 40.2 Å². The van der Waals surface area contributed by atoms with Gasteiger partial charge in [0, 0.05) is 25.8 Å². The maximum absolute atomic E-state index is 8.92. The molecule has 0 aliphatic rings. The third-order valence-corrected chi connectivity index (χ3v) is 1.91. The Labute approximate surface area is 86.8 Å².